The number of hydrogen-bond donors (Lipinski definition) is 1. The number of carbonyl (C=O) groups is 1. The largest absolute Gasteiger partial charge is 0.480 e. The van der Waals surface area contributed by atoms with Crippen LogP contribution in [0.3, 0.4) is 0 Å². The van der Waals surface area contributed by atoms with Crippen molar-refractivity contribution in [3.63, 3.8) is 0 Å². The van der Waals surface area contributed by atoms with Gasteiger partial charge in [-0.2, -0.15) is 4.98 Å². The SMILES string of the molecule is O=C(O)[C@@H]1CCCN1CCc1nc(-c2ccc(Cl)cc2)no1. The van der Waals surface area contributed by atoms with Crippen LogP contribution >= 0.6 is 11.6 Å². The number of aliphatic carboxylic acids is 1. The number of halogens is 1. The second-order valence-electron chi connectivity index (χ2n) is 5.30. The van der Waals surface area contributed by atoms with Crippen LogP contribution in [0, 0.1) is 0 Å². The lowest BCUT2D eigenvalue weighted by atomic mass is 10.2. The van der Waals surface area contributed by atoms with Crippen molar-refractivity contribution < 1.29 is 14.4 Å². The molecule has 1 aliphatic heterocycles. The minimum atomic E-state index is -0.759. The molecule has 1 aliphatic rings. The maximum absolute atomic E-state index is 11.1. The Balaban J connectivity index is 1.62. The average Bonchev–Trinajstić information content (AvgIpc) is 3.15. The van der Waals surface area contributed by atoms with Crippen LogP contribution in [0.25, 0.3) is 11.4 Å². The van der Waals surface area contributed by atoms with E-state index >= 15 is 0 Å². The molecule has 1 atom stereocenters. The molecular formula is C15H16ClN3O3. The van der Waals surface area contributed by atoms with Crippen molar-refractivity contribution in [3.05, 3.63) is 35.2 Å². The van der Waals surface area contributed by atoms with Crippen LogP contribution in [0.1, 0.15) is 18.7 Å². The molecule has 3 rings (SSSR count). The summed E-state index contributed by atoms with van der Waals surface area (Å²) in [4.78, 5) is 17.4. The van der Waals surface area contributed by atoms with Crippen LogP contribution in [0.5, 0.6) is 0 Å². The van der Waals surface area contributed by atoms with Crippen LogP contribution in [-0.2, 0) is 11.2 Å². The van der Waals surface area contributed by atoms with Crippen LogP contribution in [0.15, 0.2) is 28.8 Å². The Kier molecular flexibility index (Phi) is 4.40. The third kappa shape index (κ3) is 3.28. The highest BCUT2D eigenvalue weighted by Gasteiger charge is 2.30. The van der Waals surface area contributed by atoms with Crippen molar-refractivity contribution in [2.45, 2.75) is 25.3 Å². The van der Waals surface area contributed by atoms with E-state index in [9.17, 15) is 4.79 Å². The number of aromatic nitrogens is 2. The summed E-state index contributed by atoms with van der Waals surface area (Å²) in [5.74, 6) is 0.272. The van der Waals surface area contributed by atoms with E-state index in [0.717, 1.165) is 18.5 Å². The molecule has 1 aromatic carbocycles. The molecule has 0 aliphatic carbocycles. The maximum atomic E-state index is 11.1. The lowest BCUT2D eigenvalue weighted by Crippen LogP contribution is -2.37. The van der Waals surface area contributed by atoms with Gasteiger partial charge in [-0.25, -0.2) is 0 Å². The normalized spacial score (nSPS) is 18.7. The van der Waals surface area contributed by atoms with Crippen molar-refractivity contribution in [2.24, 2.45) is 0 Å². The second kappa shape index (κ2) is 6.46. The topological polar surface area (TPSA) is 79.5 Å². The molecule has 1 fully saturated rings. The predicted molar refractivity (Wildman–Crippen MR) is 80.7 cm³/mol. The van der Waals surface area contributed by atoms with Gasteiger partial charge in [-0.15, -0.1) is 0 Å². The molecule has 22 heavy (non-hydrogen) atoms. The van der Waals surface area contributed by atoms with Gasteiger partial charge in [0.1, 0.15) is 6.04 Å². The highest BCUT2D eigenvalue weighted by Crippen LogP contribution is 2.20. The van der Waals surface area contributed by atoms with E-state index < -0.39 is 12.0 Å². The monoisotopic (exact) mass is 321 g/mol. The summed E-state index contributed by atoms with van der Waals surface area (Å²) < 4.78 is 5.24. The molecule has 2 aromatic rings. The zero-order chi connectivity index (χ0) is 15.5. The van der Waals surface area contributed by atoms with Crippen molar-refractivity contribution in [2.75, 3.05) is 13.1 Å². The van der Waals surface area contributed by atoms with Crippen molar-refractivity contribution in [1.82, 2.24) is 15.0 Å². The van der Waals surface area contributed by atoms with Crippen LogP contribution in [0.4, 0.5) is 0 Å². The van der Waals surface area contributed by atoms with Gasteiger partial charge < -0.3 is 9.63 Å². The van der Waals surface area contributed by atoms with E-state index in [2.05, 4.69) is 10.1 Å². The summed E-state index contributed by atoms with van der Waals surface area (Å²) >= 11 is 5.85. The molecule has 0 spiro atoms. The van der Waals surface area contributed by atoms with E-state index in [-0.39, 0.29) is 0 Å². The molecule has 0 saturated carbocycles. The van der Waals surface area contributed by atoms with Crippen LogP contribution in [-0.4, -0.2) is 45.2 Å². The van der Waals surface area contributed by atoms with Gasteiger partial charge in [-0.1, -0.05) is 16.8 Å². The maximum Gasteiger partial charge on any atom is 0.320 e. The van der Waals surface area contributed by atoms with Gasteiger partial charge in [0.2, 0.25) is 11.7 Å². The van der Waals surface area contributed by atoms with E-state index in [1.165, 1.54) is 0 Å². The molecule has 0 unspecified atom stereocenters. The second-order valence-corrected chi connectivity index (χ2v) is 5.74. The van der Waals surface area contributed by atoms with E-state index in [4.69, 9.17) is 21.2 Å². The molecule has 1 saturated heterocycles. The minimum absolute atomic E-state index is 0.390. The predicted octanol–water partition coefficient (Wildman–Crippen LogP) is 2.48. The van der Waals surface area contributed by atoms with Gasteiger partial charge in [0, 0.05) is 23.6 Å². The highest BCUT2D eigenvalue weighted by atomic mass is 35.5. The number of hydrogen-bond acceptors (Lipinski definition) is 5. The van der Waals surface area contributed by atoms with E-state index in [1.54, 1.807) is 12.1 Å². The number of benzene rings is 1. The summed E-state index contributed by atoms with van der Waals surface area (Å²) in [5, 5.41) is 13.8. The standard InChI is InChI=1S/C15H16ClN3O3/c16-11-5-3-10(4-6-11)14-17-13(22-18-14)7-9-19-8-1-2-12(19)15(20)21/h3-6,12H,1-2,7-9H2,(H,20,21)/t12-/m0/s1. The first-order chi connectivity index (χ1) is 10.6. The first kappa shape index (κ1) is 15.0. The van der Waals surface area contributed by atoms with E-state index in [1.807, 2.05) is 17.0 Å². The molecule has 1 aromatic heterocycles. The Bertz CT molecular complexity index is 656. The first-order valence-electron chi connectivity index (χ1n) is 7.19. The third-order valence-electron chi connectivity index (χ3n) is 3.83. The zero-order valence-corrected chi connectivity index (χ0v) is 12.7. The number of carboxylic acid groups (broad SMARTS) is 1. The molecule has 6 nitrogen and oxygen atoms in total. The summed E-state index contributed by atoms with van der Waals surface area (Å²) in [7, 11) is 0. The number of rotatable bonds is 5. The fourth-order valence-electron chi connectivity index (χ4n) is 2.69. The third-order valence-corrected chi connectivity index (χ3v) is 4.08. The summed E-state index contributed by atoms with van der Waals surface area (Å²) in [6, 6.07) is 6.82. The van der Waals surface area contributed by atoms with Gasteiger partial charge in [0.15, 0.2) is 0 Å². The minimum Gasteiger partial charge on any atom is -0.480 e. The molecular weight excluding hydrogens is 306 g/mol. The molecule has 116 valence electrons. The molecule has 0 radical (unpaired) electrons. The van der Waals surface area contributed by atoms with Crippen molar-refractivity contribution >= 4 is 17.6 Å². The fraction of sp³-hybridized carbons (Fsp3) is 0.400. The Labute approximate surface area is 132 Å². The number of carboxylic acids is 1. The molecule has 0 bridgehead atoms. The number of likely N-dealkylation sites (tertiary alicyclic amines) is 1. The summed E-state index contributed by atoms with van der Waals surface area (Å²) in [6.45, 7) is 1.41. The van der Waals surface area contributed by atoms with E-state index in [0.29, 0.717) is 36.1 Å². The summed E-state index contributed by atoms with van der Waals surface area (Å²) in [6.07, 6.45) is 2.16. The Morgan fingerprint density at radius 2 is 2.18 bits per heavy atom. The quantitative estimate of drug-likeness (QED) is 0.911. The zero-order valence-electron chi connectivity index (χ0n) is 11.9. The Hall–Kier alpha value is -1.92. The first-order valence-corrected chi connectivity index (χ1v) is 7.56. The van der Waals surface area contributed by atoms with Crippen LogP contribution < -0.4 is 0 Å². The van der Waals surface area contributed by atoms with Gasteiger partial charge in [0.05, 0.1) is 0 Å². The van der Waals surface area contributed by atoms with Gasteiger partial charge in [-0.05, 0) is 43.7 Å². The van der Waals surface area contributed by atoms with Crippen molar-refractivity contribution in [1.29, 1.82) is 0 Å². The smallest absolute Gasteiger partial charge is 0.320 e. The van der Waals surface area contributed by atoms with Gasteiger partial charge in [0.25, 0.3) is 0 Å². The Morgan fingerprint density at radius 1 is 1.41 bits per heavy atom. The number of nitrogens with zero attached hydrogens (tertiary/aromatic N) is 3. The lowest BCUT2D eigenvalue weighted by molar-refractivity contribution is -0.142. The average molecular weight is 322 g/mol. The van der Waals surface area contributed by atoms with Gasteiger partial charge in [-0.3, -0.25) is 9.69 Å². The molecule has 0 amide bonds. The molecule has 2 heterocycles. The van der Waals surface area contributed by atoms with Crippen molar-refractivity contribution in [3.8, 4) is 11.4 Å². The Morgan fingerprint density at radius 3 is 2.91 bits per heavy atom. The highest BCUT2D eigenvalue weighted by molar-refractivity contribution is 6.30. The fourth-order valence-corrected chi connectivity index (χ4v) is 2.81. The van der Waals surface area contributed by atoms with Crippen LogP contribution in [0.2, 0.25) is 5.02 Å². The summed E-state index contributed by atoms with van der Waals surface area (Å²) in [5.41, 5.74) is 0.837. The lowest BCUT2D eigenvalue weighted by Gasteiger charge is -2.19. The molecule has 1 N–H and O–H groups in total. The molecule has 7 heteroatoms. The van der Waals surface area contributed by atoms with Gasteiger partial charge >= 0.3 is 5.97 Å².